The predicted molar refractivity (Wildman–Crippen MR) is 67.6 cm³/mol. The van der Waals surface area contributed by atoms with E-state index in [2.05, 4.69) is 26.8 Å². The van der Waals surface area contributed by atoms with Crippen molar-refractivity contribution in [1.29, 1.82) is 0 Å². The van der Waals surface area contributed by atoms with Crippen molar-refractivity contribution in [2.75, 3.05) is 5.73 Å². The van der Waals surface area contributed by atoms with Gasteiger partial charge in [-0.3, -0.25) is 0 Å². The summed E-state index contributed by atoms with van der Waals surface area (Å²) in [6, 6.07) is 7.92. The van der Waals surface area contributed by atoms with Crippen LogP contribution in [-0.4, -0.2) is 9.97 Å². The summed E-state index contributed by atoms with van der Waals surface area (Å²) >= 11 is 1.70. The Kier molecular flexibility index (Phi) is 2.15. The minimum Gasteiger partial charge on any atom is -0.397 e. The van der Waals surface area contributed by atoms with E-state index >= 15 is 0 Å². The zero-order valence-corrected chi connectivity index (χ0v) is 9.42. The second-order valence-corrected chi connectivity index (χ2v) is 4.52. The highest BCUT2D eigenvalue weighted by atomic mass is 32.1. The highest BCUT2D eigenvalue weighted by molar-refractivity contribution is 7.07. The van der Waals surface area contributed by atoms with Gasteiger partial charge in [0.2, 0.25) is 0 Å². The van der Waals surface area contributed by atoms with Gasteiger partial charge in [-0.05, 0) is 34.5 Å². The Bertz CT molecular complexity index is 610. The first-order chi connectivity index (χ1) is 7.83. The number of hydrogen-bond acceptors (Lipinski definition) is 3. The molecule has 0 atom stereocenters. The van der Waals surface area contributed by atoms with Gasteiger partial charge in [0.15, 0.2) is 0 Å². The highest BCUT2D eigenvalue weighted by Crippen LogP contribution is 2.19. The fraction of sp³-hybridized carbons (Fsp3) is 0.0833. The van der Waals surface area contributed by atoms with Crippen molar-refractivity contribution >= 4 is 28.1 Å². The quantitative estimate of drug-likeness (QED) is 0.664. The van der Waals surface area contributed by atoms with Gasteiger partial charge in [-0.2, -0.15) is 11.3 Å². The highest BCUT2D eigenvalue weighted by Gasteiger charge is 2.05. The van der Waals surface area contributed by atoms with Crippen molar-refractivity contribution < 1.29 is 0 Å². The standard InChI is InChI=1S/C12H11N3S/c13-9-2-1-3-10-12(9)15-11(14-10)6-8-4-5-16-7-8/h1-5,7H,6,13H2,(H,14,15). The number of nitrogens with zero attached hydrogens (tertiary/aromatic N) is 1. The molecule has 1 aromatic carbocycles. The molecule has 16 heavy (non-hydrogen) atoms. The first kappa shape index (κ1) is 9.42. The number of rotatable bonds is 2. The van der Waals surface area contributed by atoms with Crippen LogP contribution < -0.4 is 5.73 Å². The molecular formula is C12H11N3S. The largest absolute Gasteiger partial charge is 0.397 e. The van der Waals surface area contributed by atoms with E-state index in [0.29, 0.717) is 0 Å². The molecular weight excluding hydrogens is 218 g/mol. The van der Waals surface area contributed by atoms with Crippen LogP contribution in [0.2, 0.25) is 0 Å². The zero-order chi connectivity index (χ0) is 11.0. The molecule has 0 bridgehead atoms. The van der Waals surface area contributed by atoms with Crippen LogP contribution in [0.3, 0.4) is 0 Å². The van der Waals surface area contributed by atoms with Crippen LogP contribution in [-0.2, 0) is 6.42 Å². The number of thiophene rings is 1. The molecule has 0 fully saturated rings. The molecule has 3 nitrogen and oxygen atoms in total. The number of fused-ring (bicyclic) bond motifs is 1. The molecule has 0 saturated heterocycles. The second-order valence-electron chi connectivity index (χ2n) is 3.74. The molecule has 0 aliphatic carbocycles. The number of para-hydroxylation sites is 1. The monoisotopic (exact) mass is 229 g/mol. The van der Waals surface area contributed by atoms with E-state index < -0.39 is 0 Å². The maximum absolute atomic E-state index is 5.86. The molecule has 3 N–H and O–H groups in total. The average molecular weight is 229 g/mol. The topological polar surface area (TPSA) is 54.7 Å². The molecule has 2 heterocycles. The van der Waals surface area contributed by atoms with Crippen molar-refractivity contribution in [3.05, 3.63) is 46.4 Å². The lowest BCUT2D eigenvalue weighted by atomic mass is 10.2. The summed E-state index contributed by atoms with van der Waals surface area (Å²) in [5.41, 5.74) is 9.74. The van der Waals surface area contributed by atoms with Crippen molar-refractivity contribution in [3.8, 4) is 0 Å². The lowest BCUT2D eigenvalue weighted by Gasteiger charge is -1.91. The van der Waals surface area contributed by atoms with Crippen LogP contribution >= 0.6 is 11.3 Å². The number of nitrogens with one attached hydrogen (secondary N) is 1. The van der Waals surface area contributed by atoms with Crippen LogP contribution in [0.5, 0.6) is 0 Å². The number of anilines is 1. The number of hydrogen-bond donors (Lipinski definition) is 2. The summed E-state index contributed by atoms with van der Waals surface area (Å²) in [7, 11) is 0. The Balaban J connectivity index is 2.02. The summed E-state index contributed by atoms with van der Waals surface area (Å²) in [4.78, 5) is 7.80. The molecule has 3 aromatic rings. The Morgan fingerprint density at radius 2 is 2.25 bits per heavy atom. The Morgan fingerprint density at radius 1 is 1.31 bits per heavy atom. The van der Waals surface area contributed by atoms with Gasteiger partial charge in [0, 0.05) is 6.42 Å². The number of aromatic nitrogens is 2. The molecule has 0 radical (unpaired) electrons. The molecule has 0 spiro atoms. The lowest BCUT2D eigenvalue weighted by Crippen LogP contribution is -1.88. The van der Waals surface area contributed by atoms with Crippen molar-refractivity contribution in [2.24, 2.45) is 0 Å². The van der Waals surface area contributed by atoms with E-state index in [1.807, 2.05) is 18.2 Å². The number of benzene rings is 1. The van der Waals surface area contributed by atoms with Crippen LogP contribution in [0, 0.1) is 0 Å². The molecule has 0 saturated carbocycles. The Labute approximate surface area is 96.9 Å². The minimum absolute atomic E-state index is 0.727. The van der Waals surface area contributed by atoms with Crippen molar-refractivity contribution in [2.45, 2.75) is 6.42 Å². The zero-order valence-electron chi connectivity index (χ0n) is 8.60. The molecule has 2 aromatic heterocycles. The van der Waals surface area contributed by atoms with Gasteiger partial charge >= 0.3 is 0 Å². The van der Waals surface area contributed by atoms with Gasteiger partial charge in [-0.1, -0.05) is 6.07 Å². The smallest absolute Gasteiger partial charge is 0.111 e. The predicted octanol–water partition coefficient (Wildman–Crippen LogP) is 2.80. The Hall–Kier alpha value is -1.81. The number of nitrogen functional groups attached to an aromatic ring is 1. The Morgan fingerprint density at radius 3 is 3.00 bits per heavy atom. The molecule has 0 amide bonds. The van der Waals surface area contributed by atoms with Gasteiger partial charge in [0.1, 0.15) is 11.3 Å². The van der Waals surface area contributed by atoms with E-state index in [9.17, 15) is 0 Å². The van der Waals surface area contributed by atoms with Crippen LogP contribution in [0.25, 0.3) is 11.0 Å². The van der Waals surface area contributed by atoms with Crippen molar-refractivity contribution in [3.63, 3.8) is 0 Å². The fourth-order valence-corrected chi connectivity index (χ4v) is 2.44. The molecule has 0 unspecified atom stereocenters. The van der Waals surface area contributed by atoms with Gasteiger partial charge in [0.05, 0.1) is 11.2 Å². The first-order valence-electron chi connectivity index (χ1n) is 5.07. The van der Waals surface area contributed by atoms with Gasteiger partial charge in [-0.15, -0.1) is 0 Å². The van der Waals surface area contributed by atoms with Crippen molar-refractivity contribution in [1.82, 2.24) is 9.97 Å². The van der Waals surface area contributed by atoms with Gasteiger partial charge in [0.25, 0.3) is 0 Å². The minimum atomic E-state index is 0.727. The number of nitrogens with two attached hydrogens (primary N) is 1. The van der Waals surface area contributed by atoms with E-state index in [0.717, 1.165) is 29.0 Å². The summed E-state index contributed by atoms with van der Waals surface area (Å²) in [5.74, 6) is 0.964. The maximum Gasteiger partial charge on any atom is 0.111 e. The van der Waals surface area contributed by atoms with E-state index in [1.54, 1.807) is 11.3 Å². The molecule has 4 heteroatoms. The number of imidazole rings is 1. The summed E-state index contributed by atoms with van der Waals surface area (Å²) in [6.07, 6.45) is 0.831. The third kappa shape index (κ3) is 1.57. The van der Waals surface area contributed by atoms with Crippen LogP contribution in [0.1, 0.15) is 11.4 Å². The second kappa shape index (κ2) is 3.64. The molecule has 0 aliphatic heterocycles. The maximum atomic E-state index is 5.86. The van der Waals surface area contributed by atoms with E-state index in [-0.39, 0.29) is 0 Å². The summed E-state index contributed by atoms with van der Waals surface area (Å²) < 4.78 is 0. The van der Waals surface area contributed by atoms with Crippen LogP contribution in [0.4, 0.5) is 5.69 Å². The summed E-state index contributed by atoms with van der Waals surface area (Å²) in [6.45, 7) is 0. The average Bonchev–Trinajstić information content (AvgIpc) is 2.88. The normalized spacial score (nSPS) is 11.0. The summed E-state index contributed by atoms with van der Waals surface area (Å²) in [5, 5.41) is 4.21. The third-order valence-electron chi connectivity index (χ3n) is 2.54. The lowest BCUT2D eigenvalue weighted by molar-refractivity contribution is 1.04. The fourth-order valence-electron chi connectivity index (χ4n) is 1.78. The SMILES string of the molecule is Nc1cccc2[nH]c(Cc3ccsc3)nc12. The molecule has 80 valence electrons. The third-order valence-corrected chi connectivity index (χ3v) is 3.28. The van der Waals surface area contributed by atoms with Crippen LogP contribution in [0.15, 0.2) is 35.0 Å². The number of H-pyrrole nitrogens is 1. The number of aromatic amines is 1. The first-order valence-corrected chi connectivity index (χ1v) is 6.01. The molecule has 3 rings (SSSR count). The van der Waals surface area contributed by atoms with Gasteiger partial charge < -0.3 is 10.7 Å². The van der Waals surface area contributed by atoms with Gasteiger partial charge in [-0.25, -0.2) is 4.98 Å². The van der Waals surface area contributed by atoms with E-state index in [4.69, 9.17) is 5.73 Å². The molecule has 0 aliphatic rings. The van der Waals surface area contributed by atoms with E-state index in [1.165, 1.54) is 5.56 Å².